The highest BCUT2D eigenvalue weighted by molar-refractivity contribution is 6.70. The molecular weight excluding hydrogens is 176 g/mol. The largest absolute Gasteiger partial charge is 0.548 e. The van der Waals surface area contributed by atoms with Crippen molar-refractivity contribution in [3.05, 3.63) is 24.5 Å². The van der Waals surface area contributed by atoms with Crippen molar-refractivity contribution in [1.82, 2.24) is 0 Å². The molecule has 0 spiro atoms. The lowest BCUT2D eigenvalue weighted by atomic mass is 10.2. The van der Waals surface area contributed by atoms with E-state index in [-0.39, 0.29) is 0 Å². The van der Waals surface area contributed by atoms with Gasteiger partial charge in [0.25, 0.3) is 0 Å². The van der Waals surface area contributed by atoms with E-state index in [1.807, 2.05) is 13.0 Å². The molecule has 0 aliphatic rings. The van der Waals surface area contributed by atoms with E-state index in [1.165, 1.54) is 0 Å². The summed E-state index contributed by atoms with van der Waals surface area (Å²) in [5, 5.41) is 0. The molecule has 0 saturated carbocycles. The molecule has 0 atom stereocenters. The van der Waals surface area contributed by atoms with Gasteiger partial charge < -0.3 is 4.43 Å². The molecule has 0 radical (unpaired) electrons. The van der Waals surface area contributed by atoms with Crippen LogP contribution in [0.3, 0.4) is 0 Å². The Morgan fingerprint density at radius 1 is 1.38 bits per heavy atom. The second-order valence-electron chi connectivity index (χ2n) is 4.15. The van der Waals surface area contributed by atoms with Crippen molar-refractivity contribution >= 4 is 8.32 Å². The zero-order valence-electron chi connectivity index (χ0n) is 9.39. The Kier molecular flexibility index (Phi) is 5.79. The van der Waals surface area contributed by atoms with Gasteiger partial charge in [-0.25, -0.2) is 0 Å². The maximum absolute atomic E-state index is 5.90. The van der Waals surface area contributed by atoms with Crippen LogP contribution in [0.25, 0.3) is 0 Å². The van der Waals surface area contributed by atoms with E-state index in [0.717, 1.165) is 25.0 Å². The zero-order chi connectivity index (χ0) is 10.3. The van der Waals surface area contributed by atoms with E-state index in [2.05, 4.69) is 32.3 Å². The fraction of sp³-hybridized carbons (Fsp3) is 0.636. The Labute approximate surface area is 83.6 Å². The zero-order valence-corrected chi connectivity index (χ0v) is 10.4. The molecule has 0 rings (SSSR count). The van der Waals surface area contributed by atoms with Gasteiger partial charge in [0, 0.05) is 6.42 Å². The lowest BCUT2D eigenvalue weighted by Gasteiger charge is -2.21. The van der Waals surface area contributed by atoms with E-state index in [4.69, 9.17) is 4.43 Å². The third-order valence-electron chi connectivity index (χ3n) is 1.59. The average Bonchev–Trinajstić information content (AvgIpc) is 2.01. The molecule has 0 aromatic rings. The standard InChI is InChI=1S/C11H22OSi/c1-6-8-9-10-11(7-2)12-13(3,4)5/h6-7H,1,8-10H2,2-5H3/b11-7-. The van der Waals surface area contributed by atoms with Crippen molar-refractivity contribution in [2.45, 2.75) is 45.8 Å². The molecule has 0 fully saturated rings. The van der Waals surface area contributed by atoms with Crippen molar-refractivity contribution in [3.8, 4) is 0 Å². The van der Waals surface area contributed by atoms with Crippen LogP contribution in [0.2, 0.25) is 19.6 Å². The minimum absolute atomic E-state index is 1.05. The minimum Gasteiger partial charge on any atom is -0.548 e. The van der Waals surface area contributed by atoms with E-state index >= 15 is 0 Å². The second-order valence-corrected chi connectivity index (χ2v) is 8.58. The molecule has 0 N–H and O–H groups in total. The first-order chi connectivity index (χ1) is 5.99. The Morgan fingerprint density at radius 3 is 2.38 bits per heavy atom. The highest BCUT2D eigenvalue weighted by Crippen LogP contribution is 2.15. The molecular formula is C11H22OSi. The molecule has 1 nitrogen and oxygen atoms in total. The van der Waals surface area contributed by atoms with Crippen LogP contribution in [0, 0.1) is 0 Å². The maximum Gasteiger partial charge on any atom is 0.241 e. The van der Waals surface area contributed by atoms with Gasteiger partial charge in [-0.1, -0.05) is 12.2 Å². The predicted octanol–water partition coefficient (Wildman–Crippen LogP) is 4.10. The first-order valence-electron chi connectivity index (χ1n) is 4.94. The van der Waals surface area contributed by atoms with Gasteiger partial charge in [0.15, 0.2) is 0 Å². The van der Waals surface area contributed by atoms with Crippen molar-refractivity contribution in [2.75, 3.05) is 0 Å². The molecule has 0 aliphatic heterocycles. The summed E-state index contributed by atoms with van der Waals surface area (Å²) in [5.74, 6) is 1.15. The molecule has 0 heterocycles. The van der Waals surface area contributed by atoms with E-state index < -0.39 is 8.32 Å². The Bertz CT molecular complexity index is 177. The summed E-state index contributed by atoms with van der Waals surface area (Å²) in [6.45, 7) is 12.4. The lowest BCUT2D eigenvalue weighted by molar-refractivity contribution is 0.394. The third kappa shape index (κ3) is 7.84. The van der Waals surface area contributed by atoms with E-state index in [0.29, 0.717) is 0 Å². The summed E-state index contributed by atoms with van der Waals surface area (Å²) in [6.07, 6.45) is 7.32. The van der Waals surface area contributed by atoms with Crippen LogP contribution in [-0.4, -0.2) is 8.32 Å². The highest BCUT2D eigenvalue weighted by atomic mass is 28.4. The van der Waals surface area contributed by atoms with Crippen LogP contribution >= 0.6 is 0 Å². The van der Waals surface area contributed by atoms with Gasteiger partial charge >= 0.3 is 0 Å². The summed E-state index contributed by atoms with van der Waals surface area (Å²) in [7, 11) is -1.40. The average molecular weight is 198 g/mol. The fourth-order valence-corrected chi connectivity index (χ4v) is 2.07. The Hall–Kier alpha value is -0.503. The normalized spacial score (nSPS) is 12.8. The van der Waals surface area contributed by atoms with Crippen molar-refractivity contribution in [3.63, 3.8) is 0 Å². The van der Waals surface area contributed by atoms with Crippen LogP contribution in [0.1, 0.15) is 26.2 Å². The Morgan fingerprint density at radius 2 is 2.00 bits per heavy atom. The summed E-state index contributed by atoms with van der Waals surface area (Å²) in [6, 6.07) is 0. The smallest absolute Gasteiger partial charge is 0.241 e. The number of hydrogen-bond acceptors (Lipinski definition) is 1. The van der Waals surface area contributed by atoms with Gasteiger partial charge in [-0.2, -0.15) is 0 Å². The van der Waals surface area contributed by atoms with Crippen LogP contribution < -0.4 is 0 Å². The lowest BCUT2D eigenvalue weighted by Crippen LogP contribution is -2.24. The summed E-state index contributed by atoms with van der Waals surface area (Å²) < 4.78 is 5.90. The van der Waals surface area contributed by atoms with Gasteiger partial charge in [0.2, 0.25) is 8.32 Å². The molecule has 0 amide bonds. The molecule has 76 valence electrons. The van der Waals surface area contributed by atoms with Crippen LogP contribution in [-0.2, 0) is 4.43 Å². The second kappa shape index (κ2) is 6.03. The highest BCUT2D eigenvalue weighted by Gasteiger charge is 2.16. The molecule has 0 aromatic carbocycles. The predicted molar refractivity (Wildman–Crippen MR) is 62.2 cm³/mol. The first-order valence-corrected chi connectivity index (χ1v) is 8.35. The molecule has 0 aliphatic carbocycles. The quantitative estimate of drug-likeness (QED) is 0.270. The van der Waals surface area contributed by atoms with Gasteiger partial charge in [0.1, 0.15) is 0 Å². The Balaban J connectivity index is 3.85. The van der Waals surface area contributed by atoms with Crippen molar-refractivity contribution in [2.24, 2.45) is 0 Å². The molecule has 0 bridgehead atoms. The van der Waals surface area contributed by atoms with Gasteiger partial charge in [-0.05, 0) is 39.4 Å². The van der Waals surface area contributed by atoms with Gasteiger partial charge in [0.05, 0.1) is 5.76 Å². The maximum atomic E-state index is 5.90. The van der Waals surface area contributed by atoms with Gasteiger partial charge in [-0.15, -0.1) is 6.58 Å². The monoisotopic (exact) mass is 198 g/mol. The van der Waals surface area contributed by atoms with Crippen molar-refractivity contribution < 1.29 is 4.43 Å². The molecule has 0 saturated heterocycles. The van der Waals surface area contributed by atoms with Crippen LogP contribution in [0.15, 0.2) is 24.5 Å². The van der Waals surface area contributed by atoms with E-state index in [1.54, 1.807) is 0 Å². The third-order valence-corrected chi connectivity index (χ3v) is 2.47. The van der Waals surface area contributed by atoms with E-state index in [9.17, 15) is 0 Å². The number of rotatable bonds is 6. The molecule has 13 heavy (non-hydrogen) atoms. The number of unbranched alkanes of at least 4 members (excludes halogenated alkanes) is 1. The SMILES string of the molecule is C=CCCC/C(=C/C)O[Si](C)(C)C. The molecule has 0 unspecified atom stereocenters. The summed E-state index contributed by atoms with van der Waals surface area (Å²) >= 11 is 0. The molecule has 2 heteroatoms. The summed E-state index contributed by atoms with van der Waals surface area (Å²) in [5.41, 5.74) is 0. The van der Waals surface area contributed by atoms with Crippen molar-refractivity contribution in [1.29, 1.82) is 0 Å². The van der Waals surface area contributed by atoms with Crippen LogP contribution in [0.5, 0.6) is 0 Å². The first kappa shape index (κ1) is 12.5. The van der Waals surface area contributed by atoms with Gasteiger partial charge in [-0.3, -0.25) is 0 Å². The fourth-order valence-electron chi connectivity index (χ4n) is 1.07. The number of hydrogen-bond donors (Lipinski definition) is 0. The molecule has 0 aromatic heterocycles. The minimum atomic E-state index is -1.40. The summed E-state index contributed by atoms with van der Waals surface area (Å²) in [4.78, 5) is 0. The van der Waals surface area contributed by atoms with Crippen LogP contribution in [0.4, 0.5) is 0 Å². The topological polar surface area (TPSA) is 9.23 Å². The number of allylic oxidation sites excluding steroid dienone is 3.